The van der Waals surface area contributed by atoms with E-state index in [4.69, 9.17) is 4.74 Å². The third kappa shape index (κ3) is 3.77. The van der Waals surface area contributed by atoms with Gasteiger partial charge in [-0.15, -0.1) is 0 Å². The van der Waals surface area contributed by atoms with Gasteiger partial charge < -0.3 is 14.6 Å². The summed E-state index contributed by atoms with van der Waals surface area (Å²) in [6.45, 7) is 3.89. The Bertz CT molecular complexity index is 976. The Morgan fingerprint density at radius 1 is 1.19 bits per heavy atom. The highest BCUT2D eigenvalue weighted by Gasteiger charge is 2.24. The van der Waals surface area contributed by atoms with Gasteiger partial charge in [0.05, 0.1) is 17.3 Å². The first-order valence-corrected chi connectivity index (χ1v) is 10.5. The predicted molar refractivity (Wildman–Crippen MR) is 103 cm³/mol. The van der Waals surface area contributed by atoms with Crippen LogP contribution in [0.15, 0.2) is 40.2 Å². The van der Waals surface area contributed by atoms with Crippen molar-refractivity contribution in [3.05, 3.63) is 40.8 Å². The van der Waals surface area contributed by atoms with Crippen LogP contribution in [0.3, 0.4) is 0 Å². The zero-order chi connectivity index (χ0) is 18.9. The summed E-state index contributed by atoms with van der Waals surface area (Å²) in [5, 5.41) is 3.45. The highest BCUT2D eigenvalue weighted by molar-refractivity contribution is 7.91. The minimum Gasteiger partial charge on any atom is -0.493 e. The second-order valence-electron chi connectivity index (χ2n) is 6.46. The monoisotopic (exact) mass is 376 g/mol. The molecule has 1 heterocycles. The minimum absolute atomic E-state index is 0.0352. The van der Waals surface area contributed by atoms with Crippen molar-refractivity contribution < 1.29 is 13.2 Å². The summed E-state index contributed by atoms with van der Waals surface area (Å²) >= 11 is 0. The number of aryl methyl sites for hydroxylation is 1. The fraction of sp³-hybridized carbons (Fsp3) is 0.421. The molecule has 2 aromatic rings. The molecular formula is C19H24N2O4S. The van der Waals surface area contributed by atoms with E-state index >= 15 is 0 Å². The van der Waals surface area contributed by atoms with Crippen LogP contribution in [-0.2, 0) is 16.9 Å². The zero-order valence-electron chi connectivity index (χ0n) is 15.3. The first-order chi connectivity index (χ1) is 12.4. The summed E-state index contributed by atoms with van der Waals surface area (Å²) < 4.78 is 31.8. The third-order valence-corrected chi connectivity index (χ3v) is 6.18. The summed E-state index contributed by atoms with van der Waals surface area (Å²) in [5.41, 5.74) is 2.10. The summed E-state index contributed by atoms with van der Waals surface area (Å²) in [6.07, 6.45) is 3.89. The molecule has 0 aliphatic heterocycles. The highest BCUT2D eigenvalue weighted by Crippen LogP contribution is 2.38. The van der Waals surface area contributed by atoms with Crippen molar-refractivity contribution in [3.8, 4) is 16.9 Å². The number of pyridine rings is 1. The number of rotatable bonds is 7. The lowest BCUT2D eigenvalue weighted by Gasteiger charge is -2.17. The highest BCUT2D eigenvalue weighted by atomic mass is 32.2. The second-order valence-corrected chi connectivity index (χ2v) is 8.74. The van der Waals surface area contributed by atoms with Crippen molar-refractivity contribution in [2.75, 3.05) is 17.7 Å². The van der Waals surface area contributed by atoms with Crippen LogP contribution in [0, 0.1) is 0 Å². The predicted octanol–water partition coefficient (Wildman–Crippen LogP) is 2.82. The molecule has 0 bridgehead atoms. The summed E-state index contributed by atoms with van der Waals surface area (Å²) in [7, 11) is -1.67. The van der Waals surface area contributed by atoms with Gasteiger partial charge in [-0.05, 0) is 38.0 Å². The molecule has 7 heteroatoms. The van der Waals surface area contributed by atoms with Crippen molar-refractivity contribution in [1.82, 2.24) is 4.57 Å². The molecule has 1 saturated carbocycles. The Hall–Kier alpha value is -2.28. The molecule has 0 spiro atoms. The average Bonchev–Trinajstić information content (AvgIpc) is 3.42. The molecule has 0 radical (unpaired) electrons. The van der Waals surface area contributed by atoms with E-state index in [1.165, 1.54) is 10.6 Å². The van der Waals surface area contributed by atoms with Gasteiger partial charge in [0.25, 0.3) is 5.56 Å². The van der Waals surface area contributed by atoms with Gasteiger partial charge in [-0.1, -0.05) is 6.92 Å². The van der Waals surface area contributed by atoms with Crippen LogP contribution < -0.4 is 15.6 Å². The Morgan fingerprint density at radius 3 is 2.54 bits per heavy atom. The van der Waals surface area contributed by atoms with Crippen LogP contribution in [-0.4, -0.2) is 31.4 Å². The van der Waals surface area contributed by atoms with E-state index in [9.17, 15) is 13.2 Å². The third-order valence-electron chi connectivity index (χ3n) is 4.45. The molecule has 6 nitrogen and oxygen atoms in total. The number of ether oxygens (including phenoxy) is 1. The van der Waals surface area contributed by atoms with Crippen LogP contribution in [0.1, 0.15) is 26.7 Å². The van der Waals surface area contributed by atoms with Gasteiger partial charge in [-0.25, -0.2) is 8.42 Å². The van der Waals surface area contributed by atoms with E-state index in [2.05, 4.69) is 5.32 Å². The van der Waals surface area contributed by atoms with E-state index < -0.39 is 9.84 Å². The van der Waals surface area contributed by atoms with E-state index in [1.54, 1.807) is 38.4 Å². The molecular weight excluding hydrogens is 352 g/mol. The second kappa shape index (κ2) is 7.15. The van der Waals surface area contributed by atoms with E-state index in [0.29, 0.717) is 24.0 Å². The number of hydrogen-bond donors (Lipinski definition) is 1. The first kappa shape index (κ1) is 18.5. The van der Waals surface area contributed by atoms with Crippen molar-refractivity contribution >= 4 is 15.5 Å². The SMILES string of the molecule is CCOc1cc(=O)n(C)cc1-c1cc(S(=O)(=O)CC)ccc1NC1CC1. The van der Waals surface area contributed by atoms with E-state index in [0.717, 1.165) is 24.1 Å². The molecule has 1 aliphatic carbocycles. The van der Waals surface area contributed by atoms with Crippen molar-refractivity contribution in [2.45, 2.75) is 37.6 Å². The van der Waals surface area contributed by atoms with Gasteiger partial charge in [-0.3, -0.25) is 4.79 Å². The molecule has 26 heavy (non-hydrogen) atoms. The van der Waals surface area contributed by atoms with Gasteiger partial charge in [0.2, 0.25) is 0 Å². The smallest absolute Gasteiger partial charge is 0.254 e. The normalized spacial score (nSPS) is 14.3. The average molecular weight is 376 g/mol. The Kier molecular flexibility index (Phi) is 5.09. The lowest BCUT2D eigenvalue weighted by molar-refractivity contribution is 0.340. The van der Waals surface area contributed by atoms with Crippen LogP contribution >= 0.6 is 0 Å². The van der Waals surface area contributed by atoms with Gasteiger partial charge in [0.15, 0.2) is 9.84 Å². The Morgan fingerprint density at radius 2 is 1.92 bits per heavy atom. The standard InChI is InChI=1S/C19H24N2O4S/c1-4-25-18-11-19(22)21(3)12-16(18)15-10-14(26(23,24)5-2)8-9-17(15)20-13-6-7-13/h8-13,20H,4-7H2,1-3H3. The van der Waals surface area contributed by atoms with Crippen LogP contribution in [0.25, 0.3) is 11.1 Å². The number of sulfone groups is 1. The topological polar surface area (TPSA) is 77.4 Å². The number of benzene rings is 1. The zero-order valence-corrected chi connectivity index (χ0v) is 16.1. The quantitative estimate of drug-likeness (QED) is 0.804. The molecule has 0 saturated heterocycles. The molecule has 1 aromatic carbocycles. The van der Waals surface area contributed by atoms with Gasteiger partial charge in [-0.2, -0.15) is 0 Å². The molecule has 1 N–H and O–H groups in total. The lowest BCUT2D eigenvalue weighted by atomic mass is 10.0. The van der Waals surface area contributed by atoms with Crippen LogP contribution in [0.4, 0.5) is 5.69 Å². The maximum Gasteiger partial charge on any atom is 0.254 e. The molecule has 0 amide bonds. The van der Waals surface area contributed by atoms with Gasteiger partial charge in [0.1, 0.15) is 5.75 Å². The fourth-order valence-corrected chi connectivity index (χ4v) is 3.68. The number of nitrogens with one attached hydrogen (secondary N) is 1. The maximum absolute atomic E-state index is 12.4. The Balaban J connectivity index is 2.22. The minimum atomic E-state index is -3.34. The van der Waals surface area contributed by atoms with E-state index in [-0.39, 0.29) is 16.2 Å². The van der Waals surface area contributed by atoms with E-state index in [1.807, 2.05) is 6.92 Å². The fourth-order valence-electron chi connectivity index (χ4n) is 2.77. The van der Waals surface area contributed by atoms with Gasteiger partial charge >= 0.3 is 0 Å². The summed E-state index contributed by atoms with van der Waals surface area (Å²) in [5.74, 6) is 0.494. The van der Waals surface area contributed by atoms with Crippen molar-refractivity contribution in [2.24, 2.45) is 7.05 Å². The number of anilines is 1. The first-order valence-electron chi connectivity index (χ1n) is 8.83. The van der Waals surface area contributed by atoms with Crippen molar-refractivity contribution in [3.63, 3.8) is 0 Å². The molecule has 1 aliphatic rings. The van der Waals surface area contributed by atoms with Crippen molar-refractivity contribution in [1.29, 1.82) is 0 Å². The molecule has 0 unspecified atom stereocenters. The summed E-state index contributed by atoms with van der Waals surface area (Å²) in [4.78, 5) is 12.3. The molecule has 1 aromatic heterocycles. The largest absolute Gasteiger partial charge is 0.493 e. The number of hydrogen-bond acceptors (Lipinski definition) is 5. The summed E-state index contributed by atoms with van der Waals surface area (Å²) in [6, 6.07) is 6.96. The molecule has 1 fully saturated rings. The number of nitrogens with zero attached hydrogens (tertiary/aromatic N) is 1. The van der Waals surface area contributed by atoms with Crippen LogP contribution in [0.5, 0.6) is 5.75 Å². The number of aromatic nitrogens is 1. The molecule has 3 rings (SSSR count). The Labute approximate surface area is 153 Å². The lowest BCUT2D eigenvalue weighted by Crippen LogP contribution is -2.16. The molecule has 0 atom stereocenters. The van der Waals surface area contributed by atoms with Gasteiger partial charge in [0, 0.05) is 42.2 Å². The molecule has 140 valence electrons. The van der Waals surface area contributed by atoms with Crippen LogP contribution in [0.2, 0.25) is 0 Å². The maximum atomic E-state index is 12.4.